The average Bonchev–Trinajstić information content (AvgIpc) is 3.48. The maximum absolute atomic E-state index is 12.9. The number of nitrogens with one attached hydrogen (secondary N) is 1. The van der Waals surface area contributed by atoms with Crippen LogP contribution in [0.1, 0.15) is 40.5 Å². The van der Waals surface area contributed by atoms with E-state index in [0.29, 0.717) is 45.7 Å². The van der Waals surface area contributed by atoms with Crippen LogP contribution >= 0.6 is 11.6 Å². The fraction of sp³-hybridized carbons (Fsp3) is 0.250. The monoisotopic (exact) mass is 520 g/mol. The number of carbonyl (C=O) groups excluding carboxylic acids is 3. The summed E-state index contributed by atoms with van der Waals surface area (Å²) in [5.74, 6) is 0.389. The second-order valence-electron chi connectivity index (χ2n) is 8.90. The molecule has 0 radical (unpaired) electrons. The molecule has 2 heterocycles. The number of ether oxygens (including phenoxy) is 3. The van der Waals surface area contributed by atoms with Crippen molar-refractivity contribution in [2.75, 3.05) is 18.5 Å². The van der Waals surface area contributed by atoms with Crippen molar-refractivity contribution in [3.63, 3.8) is 0 Å². The number of nitrogens with zero attached hydrogens (tertiary/aromatic N) is 1. The molecule has 9 heteroatoms. The summed E-state index contributed by atoms with van der Waals surface area (Å²) in [6.07, 6.45) is 0.902. The summed E-state index contributed by atoms with van der Waals surface area (Å²) in [5.41, 5.74) is 1.17. The molecule has 0 saturated carbocycles. The molecule has 2 unspecified atom stereocenters. The molecule has 0 spiro atoms. The van der Waals surface area contributed by atoms with Gasteiger partial charge in [-0.05, 0) is 74.4 Å². The highest BCUT2D eigenvalue weighted by molar-refractivity contribution is 6.30. The van der Waals surface area contributed by atoms with E-state index in [0.717, 1.165) is 12.8 Å². The number of amides is 3. The van der Waals surface area contributed by atoms with Crippen molar-refractivity contribution in [3.05, 3.63) is 82.9 Å². The normalized spacial score (nSPS) is 17.5. The number of hydrogen-bond acceptors (Lipinski definition) is 6. The highest BCUT2D eigenvalue weighted by atomic mass is 35.5. The van der Waals surface area contributed by atoms with Crippen molar-refractivity contribution in [2.45, 2.75) is 32.0 Å². The first-order chi connectivity index (χ1) is 17.9. The molecule has 0 bridgehead atoms. The molecule has 5 rings (SSSR count). The summed E-state index contributed by atoms with van der Waals surface area (Å²) >= 11 is 5.88. The maximum Gasteiger partial charge on any atom is 0.265 e. The van der Waals surface area contributed by atoms with E-state index in [9.17, 15) is 14.4 Å². The maximum atomic E-state index is 12.9. The highest BCUT2D eigenvalue weighted by Gasteiger charge is 2.37. The second-order valence-corrected chi connectivity index (χ2v) is 9.33. The number of fused-ring (bicyclic) bond motifs is 1. The second kappa shape index (κ2) is 10.6. The van der Waals surface area contributed by atoms with Crippen molar-refractivity contribution in [1.29, 1.82) is 0 Å². The van der Waals surface area contributed by atoms with Gasteiger partial charge < -0.3 is 19.5 Å². The molecule has 3 aromatic carbocycles. The van der Waals surface area contributed by atoms with E-state index in [2.05, 4.69) is 5.32 Å². The molecule has 3 aromatic rings. The largest absolute Gasteiger partial charge is 0.481 e. The first kappa shape index (κ1) is 24.8. The summed E-state index contributed by atoms with van der Waals surface area (Å²) in [6, 6.07) is 18.4. The van der Waals surface area contributed by atoms with Crippen LogP contribution in [0, 0.1) is 0 Å². The zero-order valence-corrected chi connectivity index (χ0v) is 20.9. The van der Waals surface area contributed by atoms with Crippen molar-refractivity contribution in [1.82, 2.24) is 4.90 Å². The molecule has 3 amide bonds. The van der Waals surface area contributed by atoms with Gasteiger partial charge in [-0.25, -0.2) is 0 Å². The molecule has 1 fully saturated rings. The number of carbonyl (C=O) groups is 3. The van der Waals surface area contributed by atoms with Crippen LogP contribution in [0.15, 0.2) is 66.7 Å². The predicted octanol–water partition coefficient (Wildman–Crippen LogP) is 5.31. The topological polar surface area (TPSA) is 94.2 Å². The number of hydrogen-bond donors (Lipinski definition) is 1. The van der Waals surface area contributed by atoms with Gasteiger partial charge in [-0.2, -0.15) is 0 Å². The minimum Gasteiger partial charge on any atom is -0.481 e. The third-order valence-electron chi connectivity index (χ3n) is 6.19. The molecular weight excluding hydrogens is 496 g/mol. The molecule has 0 aromatic heterocycles. The number of rotatable bonds is 8. The van der Waals surface area contributed by atoms with Gasteiger partial charge in [-0.3, -0.25) is 19.3 Å². The molecule has 2 aliphatic rings. The van der Waals surface area contributed by atoms with Gasteiger partial charge in [0.1, 0.15) is 17.2 Å². The van der Waals surface area contributed by atoms with Crippen molar-refractivity contribution in [3.8, 4) is 17.2 Å². The Balaban J connectivity index is 1.23. The lowest BCUT2D eigenvalue weighted by molar-refractivity contribution is -0.122. The van der Waals surface area contributed by atoms with E-state index in [4.69, 9.17) is 25.8 Å². The SMILES string of the molecule is CC(Oc1ccc(Cl)cc1)C(=O)Nc1cccc(Oc2ccc3c(c2)C(=O)N(CC2CCCO2)C3=O)c1. The quantitative estimate of drug-likeness (QED) is 0.404. The van der Waals surface area contributed by atoms with Crippen LogP contribution in [0.3, 0.4) is 0 Å². The lowest BCUT2D eigenvalue weighted by Crippen LogP contribution is -2.36. The average molecular weight is 521 g/mol. The van der Waals surface area contributed by atoms with E-state index < -0.39 is 6.10 Å². The Hall–Kier alpha value is -3.88. The fourth-order valence-corrected chi connectivity index (χ4v) is 4.41. The van der Waals surface area contributed by atoms with Gasteiger partial charge in [-0.15, -0.1) is 0 Å². The van der Waals surface area contributed by atoms with Crippen LogP contribution in [0.25, 0.3) is 0 Å². The Labute approximate surface area is 219 Å². The molecule has 2 atom stereocenters. The molecule has 0 aliphatic carbocycles. The van der Waals surface area contributed by atoms with Gasteiger partial charge in [0.15, 0.2) is 6.10 Å². The van der Waals surface area contributed by atoms with Gasteiger partial charge in [0.2, 0.25) is 0 Å². The Morgan fingerprint density at radius 1 is 1.03 bits per heavy atom. The number of halogens is 1. The summed E-state index contributed by atoms with van der Waals surface area (Å²) in [5, 5.41) is 3.39. The molecule has 37 heavy (non-hydrogen) atoms. The Morgan fingerprint density at radius 2 is 1.76 bits per heavy atom. The number of imide groups is 1. The van der Waals surface area contributed by atoms with Gasteiger partial charge in [-0.1, -0.05) is 17.7 Å². The minimum atomic E-state index is -0.747. The van der Waals surface area contributed by atoms with Crippen LogP contribution in [-0.2, 0) is 9.53 Å². The van der Waals surface area contributed by atoms with Gasteiger partial charge in [0.25, 0.3) is 17.7 Å². The molecule has 190 valence electrons. The van der Waals surface area contributed by atoms with Gasteiger partial charge >= 0.3 is 0 Å². The molecule has 1 N–H and O–H groups in total. The summed E-state index contributed by atoms with van der Waals surface area (Å²) in [7, 11) is 0. The van der Waals surface area contributed by atoms with Crippen LogP contribution < -0.4 is 14.8 Å². The van der Waals surface area contributed by atoms with E-state index in [1.807, 2.05) is 0 Å². The van der Waals surface area contributed by atoms with E-state index in [1.165, 1.54) is 4.90 Å². The number of anilines is 1. The first-order valence-corrected chi connectivity index (χ1v) is 12.4. The Kier molecular flexibility index (Phi) is 7.12. The van der Waals surface area contributed by atoms with E-state index >= 15 is 0 Å². The zero-order valence-electron chi connectivity index (χ0n) is 20.1. The van der Waals surface area contributed by atoms with Gasteiger partial charge in [0, 0.05) is 23.4 Å². The molecule has 8 nitrogen and oxygen atoms in total. The first-order valence-electron chi connectivity index (χ1n) is 12.0. The third kappa shape index (κ3) is 5.60. The molecule has 1 saturated heterocycles. The Morgan fingerprint density at radius 3 is 2.51 bits per heavy atom. The van der Waals surface area contributed by atoms with E-state index in [1.54, 1.807) is 73.7 Å². The number of benzene rings is 3. The smallest absolute Gasteiger partial charge is 0.265 e. The van der Waals surface area contributed by atoms with Crippen LogP contribution in [-0.4, -0.2) is 48.0 Å². The fourth-order valence-electron chi connectivity index (χ4n) is 4.28. The minimum absolute atomic E-state index is 0.116. The lowest BCUT2D eigenvalue weighted by Gasteiger charge is -2.17. The van der Waals surface area contributed by atoms with E-state index in [-0.39, 0.29) is 30.4 Å². The Bertz CT molecular complexity index is 1340. The standard InChI is InChI=1S/C28H25ClN2O6/c1-17(36-20-9-7-18(29)8-10-20)26(32)30-19-4-2-5-21(14-19)37-22-11-12-24-25(15-22)28(34)31(27(24)33)16-23-6-3-13-35-23/h2,4-5,7-12,14-15,17,23H,3,6,13,16H2,1H3,(H,30,32). The van der Waals surface area contributed by atoms with Crippen LogP contribution in [0.2, 0.25) is 5.02 Å². The third-order valence-corrected chi connectivity index (χ3v) is 6.44. The van der Waals surface area contributed by atoms with Crippen LogP contribution in [0.4, 0.5) is 5.69 Å². The van der Waals surface area contributed by atoms with Crippen molar-refractivity contribution in [2.24, 2.45) is 0 Å². The lowest BCUT2D eigenvalue weighted by atomic mass is 10.1. The van der Waals surface area contributed by atoms with Crippen LogP contribution in [0.5, 0.6) is 17.2 Å². The molecule has 2 aliphatic heterocycles. The predicted molar refractivity (Wildman–Crippen MR) is 137 cm³/mol. The summed E-state index contributed by atoms with van der Waals surface area (Å²) in [6.45, 7) is 2.55. The van der Waals surface area contributed by atoms with Crippen molar-refractivity contribution >= 4 is 35.0 Å². The highest BCUT2D eigenvalue weighted by Crippen LogP contribution is 2.31. The van der Waals surface area contributed by atoms with Gasteiger partial charge in [0.05, 0.1) is 23.8 Å². The summed E-state index contributed by atoms with van der Waals surface area (Å²) in [4.78, 5) is 39.5. The zero-order chi connectivity index (χ0) is 25.9. The summed E-state index contributed by atoms with van der Waals surface area (Å²) < 4.78 is 17.2. The molecular formula is C28H25ClN2O6. The van der Waals surface area contributed by atoms with Crippen molar-refractivity contribution < 1.29 is 28.6 Å².